The molecule has 0 spiro atoms. The first-order valence-corrected chi connectivity index (χ1v) is 11.4. The number of nitrogens with zero attached hydrogens (tertiary/aromatic N) is 3. The van der Waals surface area contributed by atoms with Gasteiger partial charge in [0.05, 0.1) is 35.0 Å². The number of fused-ring (bicyclic) bond motifs is 1. The number of H-pyrrole nitrogens is 1. The molecular weight excluding hydrogens is 406 g/mol. The van der Waals surface area contributed by atoms with Crippen molar-refractivity contribution in [3.63, 3.8) is 0 Å². The van der Waals surface area contributed by atoms with Crippen LogP contribution in [0.1, 0.15) is 30.7 Å². The van der Waals surface area contributed by atoms with E-state index in [1.54, 1.807) is 0 Å². The Morgan fingerprint density at radius 3 is 2.33 bits per heavy atom. The number of imidazole rings is 1. The summed E-state index contributed by atoms with van der Waals surface area (Å²) < 4.78 is 0. The van der Waals surface area contributed by atoms with Crippen molar-refractivity contribution in [3.05, 3.63) is 90.5 Å². The van der Waals surface area contributed by atoms with E-state index in [0.717, 1.165) is 63.3 Å². The third-order valence-corrected chi connectivity index (χ3v) is 6.74. The highest BCUT2D eigenvalue weighted by molar-refractivity contribution is 5.92. The zero-order valence-electron chi connectivity index (χ0n) is 18.5. The molecule has 0 amide bonds. The highest BCUT2D eigenvalue weighted by Crippen LogP contribution is 2.40. The Kier molecular flexibility index (Phi) is 4.59. The number of hydrogen-bond donors (Lipinski definition) is 2. The summed E-state index contributed by atoms with van der Waals surface area (Å²) in [6, 6.07) is 23.3. The molecule has 0 bridgehead atoms. The van der Waals surface area contributed by atoms with E-state index in [4.69, 9.17) is 10.7 Å². The van der Waals surface area contributed by atoms with Crippen molar-refractivity contribution in [2.45, 2.75) is 31.7 Å². The summed E-state index contributed by atoms with van der Waals surface area (Å²) in [5, 5.41) is 1.04. The normalized spacial score (nSPS) is 14.8. The van der Waals surface area contributed by atoms with Gasteiger partial charge < -0.3 is 10.7 Å². The summed E-state index contributed by atoms with van der Waals surface area (Å²) in [6.07, 6.45) is 6.98. The lowest BCUT2D eigenvalue weighted by Gasteiger charge is -2.38. The van der Waals surface area contributed by atoms with Crippen molar-refractivity contribution in [1.29, 1.82) is 0 Å². The molecule has 1 aliphatic rings. The van der Waals surface area contributed by atoms with Gasteiger partial charge in [0.1, 0.15) is 5.82 Å². The van der Waals surface area contributed by atoms with E-state index in [9.17, 15) is 0 Å². The van der Waals surface area contributed by atoms with Crippen molar-refractivity contribution in [2.75, 3.05) is 0 Å². The molecule has 3 N–H and O–H groups in total. The van der Waals surface area contributed by atoms with Crippen molar-refractivity contribution in [3.8, 4) is 33.8 Å². The van der Waals surface area contributed by atoms with Crippen LogP contribution >= 0.6 is 0 Å². The molecule has 5 aromatic rings. The van der Waals surface area contributed by atoms with Crippen LogP contribution in [-0.4, -0.2) is 19.9 Å². The van der Waals surface area contributed by atoms with Gasteiger partial charge in [0.15, 0.2) is 0 Å². The largest absolute Gasteiger partial charge is 0.341 e. The molecule has 1 fully saturated rings. The van der Waals surface area contributed by atoms with Gasteiger partial charge in [-0.3, -0.25) is 4.98 Å². The van der Waals surface area contributed by atoms with Crippen LogP contribution in [0.4, 0.5) is 0 Å². The summed E-state index contributed by atoms with van der Waals surface area (Å²) in [7, 11) is 0. The Bertz CT molecular complexity index is 1450. The maximum atomic E-state index is 6.54. The molecule has 3 heterocycles. The van der Waals surface area contributed by atoms with Gasteiger partial charge in [-0.1, -0.05) is 54.6 Å². The summed E-state index contributed by atoms with van der Waals surface area (Å²) in [6.45, 7) is 1.94. The van der Waals surface area contributed by atoms with E-state index in [-0.39, 0.29) is 5.54 Å². The number of hydrogen-bond acceptors (Lipinski definition) is 4. The van der Waals surface area contributed by atoms with E-state index < -0.39 is 0 Å². The molecule has 0 saturated heterocycles. The van der Waals surface area contributed by atoms with Gasteiger partial charge in [-0.25, -0.2) is 9.97 Å². The molecule has 0 radical (unpaired) electrons. The molecule has 6 rings (SSSR count). The zero-order chi connectivity index (χ0) is 22.4. The van der Waals surface area contributed by atoms with Crippen LogP contribution in [0.25, 0.3) is 44.7 Å². The maximum absolute atomic E-state index is 6.54. The number of nitrogens with two attached hydrogens (primary N) is 1. The second kappa shape index (κ2) is 7.64. The van der Waals surface area contributed by atoms with Crippen LogP contribution in [0.3, 0.4) is 0 Å². The maximum Gasteiger partial charge on any atom is 0.103 e. The van der Waals surface area contributed by atoms with Gasteiger partial charge in [0.25, 0.3) is 0 Å². The molecule has 0 aliphatic heterocycles. The molecular formula is C28H25N5. The summed E-state index contributed by atoms with van der Waals surface area (Å²) in [5.41, 5.74) is 14.5. The van der Waals surface area contributed by atoms with Crippen LogP contribution in [0.2, 0.25) is 0 Å². The average Bonchev–Trinajstić information content (AvgIpc) is 3.28. The standard InChI is InChI=1S/C28H25N5/c1-18-30-17-26(32-18)24-15-21-14-23(19-6-3-2-4-7-19)27(33-25(21)16-31-24)20-8-10-22(11-9-20)28(29)12-5-13-28/h2-4,6-11,14-17H,5,12-13,29H2,1H3,(H,30,32). The number of aryl methyl sites for hydroxylation is 1. The van der Waals surface area contributed by atoms with E-state index in [1.165, 1.54) is 12.0 Å². The minimum absolute atomic E-state index is 0.164. The Morgan fingerprint density at radius 2 is 1.67 bits per heavy atom. The van der Waals surface area contributed by atoms with Crippen molar-refractivity contribution in [2.24, 2.45) is 5.73 Å². The third kappa shape index (κ3) is 3.51. The minimum atomic E-state index is -0.164. The minimum Gasteiger partial charge on any atom is -0.341 e. The summed E-state index contributed by atoms with van der Waals surface area (Å²) >= 11 is 0. The highest BCUT2D eigenvalue weighted by atomic mass is 14.9. The van der Waals surface area contributed by atoms with Gasteiger partial charge in [0.2, 0.25) is 0 Å². The number of nitrogens with one attached hydrogen (secondary N) is 1. The monoisotopic (exact) mass is 431 g/mol. The highest BCUT2D eigenvalue weighted by Gasteiger charge is 2.34. The SMILES string of the molecule is Cc1ncc(-c2cc3cc(-c4ccccc4)c(-c4ccc(C5(N)CCC5)cc4)nc3cn2)[nH]1. The lowest BCUT2D eigenvalue weighted by Crippen LogP contribution is -2.43. The van der Waals surface area contributed by atoms with E-state index in [0.29, 0.717) is 0 Å². The van der Waals surface area contributed by atoms with Crippen molar-refractivity contribution >= 4 is 10.9 Å². The second-order valence-electron chi connectivity index (χ2n) is 8.98. The third-order valence-electron chi connectivity index (χ3n) is 6.74. The number of rotatable bonds is 4. The van der Waals surface area contributed by atoms with Crippen molar-refractivity contribution < 1.29 is 0 Å². The zero-order valence-corrected chi connectivity index (χ0v) is 18.5. The van der Waals surface area contributed by atoms with Crippen LogP contribution in [-0.2, 0) is 5.54 Å². The van der Waals surface area contributed by atoms with Crippen LogP contribution in [0.5, 0.6) is 0 Å². The molecule has 3 aromatic heterocycles. The van der Waals surface area contributed by atoms with Gasteiger partial charge >= 0.3 is 0 Å². The first-order valence-electron chi connectivity index (χ1n) is 11.4. The van der Waals surface area contributed by atoms with Crippen molar-refractivity contribution in [1.82, 2.24) is 19.9 Å². The lowest BCUT2D eigenvalue weighted by molar-refractivity contribution is 0.253. The fourth-order valence-electron chi connectivity index (χ4n) is 4.64. The van der Waals surface area contributed by atoms with E-state index in [1.807, 2.05) is 25.4 Å². The molecule has 5 heteroatoms. The Balaban J connectivity index is 1.50. The number of pyridine rings is 2. The molecule has 1 aliphatic carbocycles. The van der Waals surface area contributed by atoms with Crippen LogP contribution in [0, 0.1) is 6.92 Å². The predicted octanol–water partition coefficient (Wildman–Crippen LogP) is 6.00. The quantitative estimate of drug-likeness (QED) is 0.366. The molecule has 33 heavy (non-hydrogen) atoms. The molecule has 2 aromatic carbocycles. The smallest absolute Gasteiger partial charge is 0.103 e. The topological polar surface area (TPSA) is 80.5 Å². The first-order chi connectivity index (χ1) is 16.1. The fourth-order valence-corrected chi connectivity index (χ4v) is 4.64. The predicted molar refractivity (Wildman–Crippen MR) is 132 cm³/mol. The summed E-state index contributed by atoms with van der Waals surface area (Å²) in [5.74, 6) is 0.870. The van der Waals surface area contributed by atoms with Gasteiger partial charge in [-0.2, -0.15) is 0 Å². The summed E-state index contributed by atoms with van der Waals surface area (Å²) in [4.78, 5) is 17.3. The van der Waals surface area contributed by atoms with Crippen LogP contribution < -0.4 is 5.73 Å². The van der Waals surface area contributed by atoms with Gasteiger partial charge in [0, 0.05) is 22.1 Å². The lowest BCUT2D eigenvalue weighted by atomic mass is 9.72. The molecule has 1 saturated carbocycles. The molecule has 0 atom stereocenters. The Hall–Kier alpha value is -3.83. The Morgan fingerprint density at radius 1 is 0.879 bits per heavy atom. The van der Waals surface area contributed by atoms with Gasteiger partial charge in [-0.05, 0) is 49.4 Å². The van der Waals surface area contributed by atoms with E-state index >= 15 is 0 Å². The first kappa shape index (κ1) is 19.8. The fraction of sp³-hybridized carbons (Fsp3) is 0.179. The second-order valence-corrected chi connectivity index (χ2v) is 8.98. The number of aromatic amines is 1. The molecule has 5 nitrogen and oxygen atoms in total. The molecule has 162 valence electrons. The number of aromatic nitrogens is 4. The van der Waals surface area contributed by atoms with Gasteiger partial charge in [-0.15, -0.1) is 0 Å². The molecule has 0 unspecified atom stereocenters. The average molecular weight is 432 g/mol. The Labute approximate surface area is 192 Å². The van der Waals surface area contributed by atoms with Crippen LogP contribution in [0.15, 0.2) is 79.1 Å². The number of benzene rings is 2. The van der Waals surface area contributed by atoms with E-state index in [2.05, 4.69) is 75.6 Å².